The third kappa shape index (κ3) is 2.94. The highest BCUT2D eigenvalue weighted by molar-refractivity contribution is 5.67. The van der Waals surface area contributed by atoms with Crippen LogP contribution in [0.2, 0.25) is 0 Å². The van der Waals surface area contributed by atoms with Crippen LogP contribution in [0.25, 0.3) is 11.3 Å². The molecular formula is C15H15NO2. The fraction of sp³-hybridized carbons (Fsp3) is 0.200. The average Bonchev–Trinajstić information content (AvgIpc) is 2.38. The molecule has 0 amide bonds. The van der Waals surface area contributed by atoms with Crippen molar-refractivity contribution < 1.29 is 9.90 Å². The maximum Gasteiger partial charge on any atom is 0.303 e. The van der Waals surface area contributed by atoms with Crippen molar-refractivity contribution in [3.63, 3.8) is 0 Å². The lowest BCUT2D eigenvalue weighted by molar-refractivity contribution is -0.136. The zero-order valence-electron chi connectivity index (χ0n) is 10.3. The Bertz CT molecular complexity index is 550. The van der Waals surface area contributed by atoms with Gasteiger partial charge in [0.2, 0.25) is 0 Å². The maximum absolute atomic E-state index is 10.6. The molecule has 0 saturated heterocycles. The Morgan fingerprint density at radius 1 is 1.17 bits per heavy atom. The van der Waals surface area contributed by atoms with Gasteiger partial charge in [0.1, 0.15) is 0 Å². The molecule has 0 aliphatic rings. The molecule has 2 aromatic rings. The van der Waals surface area contributed by atoms with Gasteiger partial charge >= 0.3 is 5.97 Å². The first-order valence-electron chi connectivity index (χ1n) is 5.90. The van der Waals surface area contributed by atoms with Crippen LogP contribution in [-0.4, -0.2) is 16.1 Å². The van der Waals surface area contributed by atoms with E-state index in [1.165, 1.54) is 0 Å². The minimum absolute atomic E-state index is 0.146. The van der Waals surface area contributed by atoms with E-state index in [0.29, 0.717) is 6.42 Å². The van der Waals surface area contributed by atoms with Crippen LogP contribution < -0.4 is 0 Å². The van der Waals surface area contributed by atoms with E-state index in [2.05, 4.69) is 4.98 Å². The molecule has 0 bridgehead atoms. The molecule has 0 aliphatic heterocycles. The van der Waals surface area contributed by atoms with Gasteiger partial charge in [0.05, 0.1) is 5.69 Å². The van der Waals surface area contributed by atoms with Gasteiger partial charge in [-0.1, -0.05) is 36.4 Å². The summed E-state index contributed by atoms with van der Waals surface area (Å²) in [7, 11) is 0. The molecule has 0 aliphatic carbocycles. The van der Waals surface area contributed by atoms with Gasteiger partial charge in [-0.2, -0.15) is 0 Å². The third-order valence-corrected chi connectivity index (χ3v) is 2.87. The number of hydrogen-bond donors (Lipinski definition) is 1. The summed E-state index contributed by atoms with van der Waals surface area (Å²) in [6, 6.07) is 13.9. The van der Waals surface area contributed by atoms with E-state index in [9.17, 15) is 4.79 Å². The molecule has 0 fully saturated rings. The van der Waals surface area contributed by atoms with Crippen LogP contribution in [-0.2, 0) is 11.2 Å². The molecule has 0 spiro atoms. The average molecular weight is 241 g/mol. The smallest absolute Gasteiger partial charge is 0.303 e. The van der Waals surface area contributed by atoms with Crippen LogP contribution in [0.15, 0.2) is 42.5 Å². The Hall–Kier alpha value is -2.16. The summed E-state index contributed by atoms with van der Waals surface area (Å²) >= 11 is 0. The van der Waals surface area contributed by atoms with E-state index in [1.54, 1.807) is 0 Å². The second-order valence-electron chi connectivity index (χ2n) is 4.20. The van der Waals surface area contributed by atoms with Crippen LogP contribution >= 0.6 is 0 Å². The van der Waals surface area contributed by atoms with E-state index in [1.807, 2.05) is 49.4 Å². The quantitative estimate of drug-likeness (QED) is 0.894. The fourth-order valence-electron chi connectivity index (χ4n) is 1.87. The predicted octanol–water partition coefficient (Wildman–Crippen LogP) is 3.07. The lowest BCUT2D eigenvalue weighted by atomic mass is 10.1. The van der Waals surface area contributed by atoms with Gasteiger partial charge in [0, 0.05) is 17.7 Å². The highest BCUT2D eigenvalue weighted by atomic mass is 16.4. The number of benzene rings is 1. The normalized spacial score (nSPS) is 10.3. The van der Waals surface area contributed by atoms with Crippen molar-refractivity contribution >= 4 is 5.97 Å². The number of aryl methyl sites for hydroxylation is 2. The monoisotopic (exact) mass is 241 g/mol. The zero-order valence-corrected chi connectivity index (χ0v) is 10.3. The summed E-state index contributed by atoms with van der Waals surface area (Å²) in [6.07, 6.45) is 0.677. The summed E-state index contributed by atoms with van der Waals surface area (Å²) in [6.45, 7) is 1.92. The molecule has 1 heterocycles. The summed E-state index contributed by atoms with van der Waals surface area (Å²) in [5.41, 5.74) is 3.90. The second-order valence-corrected chi connectivity index (χ2v) is 4.20. The van der Waals surface area contributed by atoms with Crippen LogP contribution in [0.5, 0.6) is 0 Å². The third-order valence-electron chi connectivity index (χ3n) is 2.87. The Labute approximate surface area is 106 Å². The number of carboxylic acid groups (broad SMARTS) is 1. The van der Waals surface area contributed by atoms with Crippen molar-refractivity contribution in [3.8, 4) is 11.3 Å². The van der Waals surface area contributed by atoms with Gasteiger partial charge in [-0.3, -0.25) is 9.78 Å². The summed E-state index contributed by atoms with van der Waals surface area (Å²) in [5, 5.41) is 8.68. The fourth-order valence-corrected chi connectivity index (χ4v) is 1.87. The molecule has 18 heavy (non-hydrogen) atoms. The number of pyridine rings is 1. The molecule has 92 valence electrons. The molecular weight excluding hydrogens is 226 g/mol. The van der Waals surface area contributed by atoms with Crippen molar-refractivity contribution in [2.24, 2.45) is 0 Å². The van der Waals surface area contributed by atoms with Crippen molar-refractivity contribution in [1.82, 2.24) is 4.98 Å². The Morgan fingerprint density at radius 3 is 2.50 bits per heavy atom. The van der Waals surface area contributed by atoms with Gasteiger partial charge in [0.15, 0.2) is 0 Å². The summed E-state index contributed by atoms with van der Waals surface area (Å²) < 4.78 is 0. The van der Waals surface area contributed by atoms with Crippen LogP contribution in [0, 0.1) is 6.92 Å². The number of nitrogens with zero attached hydrogens (tertiary/aromatic N) is 1. The van der Waals surface area contributed by atoms with Crippen molar-refractivity contribution in [3.05, 3.63) is 53.7 Å². The first kappa shape index (κ1) is 12.3. The van der Waals surface area contributed by atoms with E-state index in [0.717, 1.165) is 22.5 Å². The highest BCUT2D eigenvalue weighted by Crippen LogP contribution is 2.19. The van der Waals surface area contributed by atoms with Gasteiger partial charge in [-0.15, -0.1) is 0 Å². The molecule has 1 N–H and O–H groups in total. The maximum atomic E-state index is 10.6. The first-order valence-corrected chi connectivity index (χ1v) is 5.90. The second kappa shape index (κ2) is 5.45. The SMILES string of the molecule is Cc1nc(-c2ccccc2)ccc1CCC(=O)O. The first-order chi connectivity index (χ1) is 8.66. The highest BCUT2D eigenvalue weighted by Gasteiger charge is 2.05. The number of aromatic nitrogens is 1. The zero-order chi connectivity index (χ0) is 13.0. The molecule has 1 aromatic carbocycles. The van der Waals surface area contributed by atoms with Gasteiger partial charge in [0.25, 0.3) is 0 Å². The molecule has 0 radical (unpaired) electrons. The lowest BCUT2D eigenvalue weighted by Crippen LogP contribution is -2.00. The van der Waals surface area contributed by atoms with Crippen molar-refractivity contribution in [2.75, 3.05) is 0 Å². The van der Waals surface area contributed by atoms with Crippen molar-refractivity contribution in [1.29, 1.82) is 0 Å². The predicted molar refractivity (Wildman–Crippen MR) is 70.4 cm³/mol. The largest absolute Gasteiger partial charge is 0.481 e. The van der Waals surface area contributed by atoms with E-state index in [4.69, 9.17) is 5.11 Å². The number of carboxylic acids is 1. The molecule has 3 nitrogen and oxygen atoms in total. The van der Waals surface area contributed by atoms with E-state index >= 15 is 0 Å². The number of hydrogen-bond acceptors (Lipinski definition) is 2. The molecule has 0 atom stereocenters. The van der Waals surface area contributed by atoms with Gasteiger partial charge in [-0.05, 0) is 25.0 Å². The minimum Gasteiger partial charge on any atom is -0.481 e. The molecule has 0 saturated carbocycles. The number of rotatable bonds is 4. The Kier molecular flexibility index (Phi) is 3.72. The summed E-state index contributed by atoms with van der Waals surface area (Å²) in [4.78, 5) is 15.1. The number of carbonyl (C=O) groups is 1. The Morgan fingerprint density at radius 2 is 1.89 bits per heavy atom. The van der Waals surface area contributed by atoms with Crippen LogP contribution in [0.3, 0.4) is 0 Å². The molecule has 0 unspecified atom stereocenters. The topological polar surface area (TPSA) is 50.2 Å². The number of aliphatic carboxylic acids is 1. The lowest BCUT2D eigenvalue weighted by Gasteiger charge is -2.07. The van der Waals surface area contributed by atoms with Gasteiger partial charge in [-0.25, -0.2) is 0 Å². The van der Waals surface area contributed by atoms with Crippen molar-refractivity contribution in [2.45, 2.75) is 19.8 Å². The molecule has 1 aromatic heterocycles. The summed E-state index contributed by atoms with van der Waals surface area (Å²) in [5.74, 6) is -0.776. The van der Waals surface area contributed by atoms with Crippen LogP contribution in [0.1, 0.15) is 17.7 Å². The minimum atomic E-state index is -0.776. The van der Waals surface area contributed by atoms with Crippen LogP contribution in [0.4, 0.5) is 0 Å². The standard InChI is InChI=1S/C15H15NO2/c1-11-12(8-10-15(17)18)7-9-14(16-11)13-5-3-2-4-6-13/h2-7,9H,8,10H2,1H3,(H,17,18). The van der Waals surface area contributed by atoms with Gasteiger partial charge < -0.3 is 5.11 Å². The van der Waals surface area contributed by atoms with E-state index < -0.39 is 5.97 Å². The van der Waals surface area contributed by atoms with E-state index in [-0.39, 0.29) is 6.42 Å². The molecule has 2 rings (SSSR count). The Balaban J connectivity index is 2.22. The molecule has 3 heteroatoms.